The highest BCUT2D eigenvalue weighted by Crippen LogP contribution is 2.34. The van der Waals surface area contributed by atoms with Gasteiger partial charge in [0.05, 0.1) is 5.69 Å². The summed E-state index contributed by atoms with van der Waals surface area (Å²) in [5, 5.41) is 9.40. The molecule has 2 aliphatic rings. The number of hydrogen-bond acceptors (Lipinski definition) is 2. The fourth-order valence-corrected chi connectivity index (χ4v) is 3.19. The van der Waals surface area contributed by atoms with Gasteiger partial charge in [-0.1, -0.05) is 6.07 Å². The van der Waals surface area contributed by atoms with Crippen LogP contribution in [0.3, 0.4) is 0 Å². The molecule has 0 spiro atoms. The summed E-state index contributed by atoms with van der Waals surface area (Å²) in [6.07, 6.45) is 1.77. The number of rotatable bonds is 1. The highest BCUT2D eigenvalue weighted by Gasteiger charge is 2.47. The Kier molecular flexibility index (Phi) is 3.11. The lowest BCUT2D eigenvalue weighted by molar-refractivity contribution is -0.147. The molecule has 0 bridgehead atoms. The van der Waals surface area contributed by atoms with E-state index < -0.39 is 17.3 Å². The number of benzene rings is 1. The van der Waals surface area contributed by atoms with Crippen molar-refractivity contribution in [1.82, 2.24) is 4.90 Å². The SMILES string of the molecule is CC1(C(=O)O)CCCN1C(=O)N1CCc2ccc(F)cc21. The van der Waals surface area contributed by atoms with Crippen molar-refractivity contribution in [3.05, 3.63) is 29.6 Å². The number of urea groups is 1. The zero-order valence-corrected chi connectivity index (χ0v) is 11.8. The predicted molar refractivity (Wildman–Crippen MR) is 74.8 cm³/mol. The molecule has 5 nitrogen and oxygen atoms in total. The zero-order valence-electron chi connectivity index (χ0n) is 11.8. The molecule has 1 N–H and O–H groups in total. The van der Waals surface area contributed by atoms with Crippen LogP contribution >= 0.6 is 0 Å². The van der Waals surface area contributed by atoms with E-state index in [9.17, 15) is 19.1 Å². The first-order valence-electron chi connectivity index (χ1n) is 7.04. The van der Waals surface area contributed by atoms with Crippen LogP contribution in [0.4, 0.5) is 14.9 Å². The highest BCUT2D eigenvalue weighted by molar-refractivity contribution is 5.97. The molecule has 1 aromatic rings. The van der Waals surface area contributed by atoms with Gasteiger partial charge in [0.2, 0.25) is 0 Å². The van der Waals surface area contributed by atoms with Gasteiger partial charge in [0.15, 0.2) is 0 Å². The summed E-state index contributed by atoms with van der Waals surface area (Å²) in [5.74, 6) is -1.39. The van der Waals surface area contributed by atoms with E-state index >= 15 is 0 Å². The van der Waals surface area contributed by atoms with E-state index in [1.807, 2.05) is 0 Å². The van der Waals surface area contributed by atoms with Crippen LogP contribution in [0.1, 0.15) is 25.3 Å². The van der Waals surface area contributed by atoms with Crippen molar-refractivity contribution in [2.45, 2.75) is 31.7 Å². The van der Waals surface area contributed by atoms with Crippen LogP contribution in [0.2, 0.25) is 0 Å². The van der Waals surface area contributed by atoms with E-state index in [4.69, 9.17) is 0 Å². The maximum atomic E-state index is 13.4. The molecule has 21 heavy (non-hydrogen) atoms. The standard InChI is InChI=1S/C15H17FN2O3/c1-15(13(19)20)6-2-7-18(15)14(21)17-8-5-10-3-4-11(16)9-12(10)17/h3-4,9H,2,5-8H2,1H3,(H,19,20). The van der Waals surface area contributed by atoms with Gasteiger partial charge in [-0.15, -0.1) is 0 Å². The van der Waals surface area contributed by atoms with Gasteiger partial charge in [-0.3, -0.25) is 4.90 Å². The molecular formula is C15H17FN2O3. The van der Waals surface area contributed by atoms with E-state index in [1.54, 1.807) is 13.0 Å². The van der Waals surface area contributed by atoms with E-state index in [1.165, 1.54) is 21.9 Å². The molecule has 112 valence electrons. The molecule has 1 saturated heterocycles. The van der Waals surface area contributed by atoms with E-state index in [0.29, 0.717) is 38.0 Å². The van der Waals surface area contributed by atoms with Crippen molar-refractivity contribution in [3.8, 4) is 0 Å². The number of nitrogens with zero attached hydrogens (tertiary/aromatic N) is 2. The summed E-state index contributed by atoms with van der Waals surface area (Å²) in [6, 6.07) is 4.05. The van der Waals surface area contributed by atoms with Gasteiger partial charge < -0.3 is 10.0 Å². The number of carboxylic acids is 1. The van der Waals surface area contributed by atoms with Crippen LogP contribution in [-0.4, -0.2) is 40.6 Å². The summed E-state index contributed by atoms with van der Waals surface area (Å²) in [4.78, 5) is 27.1. The van der Waals surface area contributed by atoms with Gasteiger partial charge in [-0.25, -0.2) is 14.0 Å². The van der Waals surface area contributed by atoms with Crippen molar-refractivity contribution in [3.63, 3.8) is 0 Å². The average Bonchev–Trinajstić information content (AvgIpc) is 3.02. The lowest BCUT2D eigenvalue weighted by Crippen LogP contribution is -2.55. The highest BCUT2D eigenvalue weighted by atomic mass is 19.1. The number of aliphatic carboxylic acids is 1. The second kappa shape index (κ2) is 4.72. The first-order chi connectivity index (χ1) is 9.93. The Morgan fingerprint density at radius 3 is 2.81 bits per heavy atom. The summed E-state index contributed by atoms with van der Waals surface area (Å²) < 4.78 is 13.4. The minimum Gasteiger partial charge on any atom is -0.480 e. The second-order valence-electron chi connectivity index (χ2n) is 5.79. The van der Waals surface area contributed by atoms with Crippen molar-refractivity contribution >= 4 is 17.7 Å². The van der Waals surface area contributed by atoms with Crippen LogP contribution in [0.5, 0.6) is 0 Å². The minimum absolute atomic E-state index is 0.346. The Hall–Kier alpha value is -2.11. The molecule has 1 aromatic carbocycles. The number of carbonyl (C=O) groups is 2. The number of amides is 2. The van der Waals surface area contributed by atoms with Crippen molar-refractivity contribution in [1.29, 1.82) is 0 Å². The molecule has 0 saturated carbocycles. The lowest BCUT2D eigenvalue weighted by Gasteiger charge is -2.34. The summed E-state index contributed by atoms with van der Waals surface area (Å²) >= 11 is 0. The van der Waals surface area contributed by atoms with Gasteiger partial charge in [0, 0.05) is 13.1 Å². The topological polar surface area (TPSA) is 60.9 Å². The van der Waals surface area contributed by atoms with Crippen molar-refractivity contribution in [2.75, 3.05) is 18.0 Å². The molecule has 1 unspecified atom stereocenters. The first-order valence-corrected chi connectivity index (χ1v) is 7.04. The molecule has 0 aliphatic carbocycles. The number of hydrogen-bond donors (Lipinski definition) is 1. The number of halogens is 1. The van der Waals surface area contributed by atoms with Gasteiger partial charge in [0.25, 0.3) is 0 Å². The smallest absolute Gasteiger partial charge is 0.329 e. The average molecular weight is 292 g/mol. The summed E-state index contributed by atoms with van der Waals surface area (Å²) in [6.45, 7) is 2.45. The Morgan fingerprint density at radius 1 is 1.33 bits per heavy atom. The number of anilines is 1. The van der Waals surface area contributed by atoms with Crippen molar-refractivity contribution < 1.29 is 19.1 Å². The molecule has 2 aliphatic heterocycles. The minimum atomic E-state index is -1.17. The third-order valence-electron chi connectivity index (χ3n) is 4.51. The summed E-state index contributed by atoms with van der Waals surface area (Å²) in [5.41, 5.74) is 0.299. The van der Waals surface area contributed by atoms with Gasteiger partial charge in [-0.05, 0) is 43.9 Å². The molecule has 6 heteroatoms. The molecule has 1 atom stereocenters. The fourth-order valence-electron chi connectivity index (χ4n) is 3.19. The normalized spacial score (nSPS) is 24.3. The molecule has 2 heterocycles. The van der Waals surface area contributed by atoms with Gasteiger partial charge in [0.1, 0.15) is 11.4 Å². The predicted octanol–water partition coefficient (Wildman–Crippen LogP) is 2.25. The monoisotopic (exact) mass is 292 g/mol. The Labute approximate surface area is 122 Å². The lowest BCUT2D eigenvalue weighted by atomic mass is 10.00. The number of carboxylic acid groups (broad SMARTS) is 1. The summed E-state index contributed by atoms with van der Waals surface area (Å²) in [7, 11) is 0. The fraction of sp³-hybridized carbons (Fsp3) is 0.467. The van der Waals surface area contributed by atoms with E-state index in [2.05, 4.69) is 0 Å². The maximum absolute atomic E-state index is 13.4. The Balaban J connectivity index is 1.91. The third-order valence-corrected chi connectivity index (χ3v) is 4.51. The van der Waals surface area contributed by atoms with Gasteiger partial charge >= 0.3 is 12.0 Å². The number of carbonyl (C=O) groups excluding carboxylic acids is 1. The number of fused-ring (bicyclic) bond motifs is 1. The Morgan fingerprint density at radius 2 is 2.10 bits per heavy atom. The van der Waals surface area contributed by atoms with Crippen LogP contribution in [0.15, 0.2) is 18.2 Å². The van der Waals surface area contributed by atoms with Crippen LogP contribution in [-0.2, 0) is 11.2 Å². The van der Waals surface area contributed by atoms with Crippen molar-refractivity contribution in [2.24, 2.45) is 0 Å². The van der Waals surface area contributed by atoms with Crippen LogP contribution < -0.4 is 4.90 Å². The molecule has 1 fully saturated rings. The number of likely N-dealkylation sites (tertiary alicyclic amines) is 1. The molecular weight excluding hydrogens is 275 g/mol. The van der Waals surface area contributed by atoms with E-state index in [-0.39, 0.29) is 6.03 Å². The van der Waals surface area contributed by atoms with Gasteiger partial charge in [-0.2, -0.15) is 0 Å². The zero-order chi connectivity index (χ0) is 15.2. The van der Waals surface area contributed by atoms with Crippen LogP contribution in [0, 0.1) is 5.82 Å². The first kappa shape index (κ1) is 13.9. The Bertz CT molecular complexity index is 619. The molecule has 2 amide bonds. The molecule has 0 radical (unpaired) electrons. The third kappa shape index (κ3) is 2.05. The quantitative estimate of drug-likeness (QED) is 0.863. The second-order valence-corrected chi connectivity index (χ2v) is 5.79. The molecule has 3 rings (SSSR count). The maximum Gasteiger partial charge on any atom is 0.329 e. The molecule has 0 aromatic heterocycles. The van der Waals surface area contributed by atoms with E-state index in [0.717, 1.165) is 5.56 Å². The van der Waals surface area contributed by atoms with Crippen LogP contribution in [0.25, 0.3) is 0 Å². The largest absolute Gasteiger partial charge is 0.480 e.